The molecule has 0 bridgehead atoms. The summed E-state index contributed by atoms with van der Waals surface area (Å²) in [5.74, 6) is 2.45. The lowest BCUT2D eigenvalue weighted by molar-refractivity contribution is 0.181. The van der Waals surface area contributed by atoms with Crippen molar-refractivity contribution in [3.05, 3.63) is 0 Å². The quantitative estimate of drug-likeness (QED) is 0.793. The summed E-state index contributed by atoms with van der Waals surface area (Å²) in [4.78, 5) is 2.68. The zero-order valence-corrected chi connectivity index (χ0v) is 11.6. The molecule has 1 aliphatic rings. The van der Waals surface area contributed by atoms with Gasteiger partial charge in [0.25, 0.3) is 0 Å². The fourth-order valence-corrected chi connectivity index (χ4v) is 2.57. The number of nitrogens with zero attached hydrogens (tertiary/aromatic N) is 1. The van der Waals surface area contributed by atoms with Gasteiger partial charge in [-0.1, -0.05) is 27.7 Å². The Morgan fingerprint density at radius 3 is 2.19 bits per heavy atom. The summed E-state index contributed by atoms with van der Waals surface area (Å²) in [5, 5.41) is 3.55. The van der Waals surface area contributed by atoms with Gasteiger partial charge >= 0.3 is 0 Å². The first-order chi connectivity index (χ1) is 7.58. The second kappa shape index (κ2) is 7.29. The molecule has 1 heterocycles. The van der Waals surface area contributed by atoms with Crippen molar-refractivity contribution < 1.29 is 0 Å². The number of nitrogens with one attached hydrogen (secondary N) is 1. The van der Waals surface area contributed by atoms with Crippen LogP contribution in [-0.2, 0) is 0 Å². The molecular weight excluding hydrogens is 196 g/mol. The van der Waals surface area contributed by atoms with Gasteiger partial charge in [0.1, 0.15) is 0 Å². The van der Waals surface area contributed by atoms with Gasteiger partial charge in [-0.2, -0.15) is 0 Å². The molecule has 1 N–H and O–H groups in total. The average Bonchev–Trinajstić information content (AvgIpc) is 2.14. The van der Waals surface area contributed by atoms with Gasteiger partial charge in [-0.15, -0.1) is 0 Å². The van der Waals surface area contributed by atoms with Crippen LogP contribution >= 0.6 is 0 Å². The van der Waals surface area contributed by atoms with Crippen molar-refractivity contribution in [3.8, 4) is 0 Å². The maximum Gasteiger partial charge on any atom is 0.00193 e. The lowest BCUT2D eigenvalue weighted by Gasteiger charge is -2.31. The molecule has 2 atom stereocenters. The minimum absolute atomic E-state index is 0.798. The third kappa shape index (κ3) is 5.86. The van der Waals surface area contributed by atoms with E-state index in [1.54, 1.807) is 0 Å². The molecule has 2 nitrogen and oxygen atoms in total. The molecule has 2 heteroatoms. The van der Waals surface area contributed by atoms with E-state index < -0.39 is 0 Å². The largest absolute Gasteiger partial charge is 0.316 e. The van der Waals surface area contributed by atoms with Crippen molar-refractivity contribution in [3.63, 3.8) is 0 Å². The van der Waals surface area contributed by atoms with E-state index >= 15 is 0 Å². The van der Waals surface area contributed by atoms with Gasteiger partial charge < -0.3 is 10.2 Å². The molecule has 0 amide bonds. The minimum Gasteiger partial charge on any atom is -0.316 e. The lowest BCUT2D eigenvalue weighted by atomic mass is 10.0. The molecule has 1 saturated heterocycles. The van der Waals surface area contributed by atoms with Crippen LogP contribution in [0.3, 0.4) is 0 Å². The molecule has 0 radical (unpaired) electrons. The van der Waals surface area contributed by atoms with E-state index in [1.165, 1.54) is 45.6 Å². The highest BCUT2D eigenvalue weighted by Crippen LogP contribution is 2.10. The Labute approximate surface area is 102 Å². The van der Waals surface area contributed by atoms with Crippen molar-refractivity contribution in [2.24, 2.45) is 17.8 Å². The predicted octanol–water partition coefficient (Wildman–Crippen LogP) is 2.60. The van der Waals surface area contributed by atoms with E-state index in [9.17, 15) is 0 Å². The molecular formula is C14H30N2. The standard InChI is InChI=1S/C14H30N2/c1-12(2)6-5-7-16-10-13(3)8-15-9-14(4)11-16/h12-15H,5-11H2,1-4H3. The Morgan fingerprint density at radius 2 is 1.69 bits per heavy atom. The summed E-state index contributed by atoms with van der Waals surface area (Å²) in [6.07, 6.45) is 2.74. The summed E-state index contributed by atoms with van der Waals surface area (Å²) < 4.78 is 0. The normalized spacial score (nSPS) is 29.1. The highest BCUT2D eigenvalue weighted by Gasteiger charge is 2.16. The van der Waals surface area contributed by atoms with E-state index in [0.717, 1.165) is 17.8 Å². The summed E-state index contributed by atoms with van der Waals surface area (Å²) >= 11 is 0. The smallest absolute Gasteiger partial charge is 0.00193 e. The van der Waals surface area contributed by atoms with Gasteiger partial charge in [0.15, 0.2) is 0 Å². The van der Waals surface area contributed by atoms with Crippen LogP contribution in [0.15, 0.2) is 0 Å². The Morgan fingerprint density at radius 1 is 1.12 bits per heavy atom. The fourth-order valence-electron chi connectivity index (χ4n) is 2.57. The highest BCUT2D eigenvalue weighted by molar-refractivity contribution is 4.73. The molecule has 1 fully saturated rings. The molecule has 0 aromatic heterocycles. The molecule has 0 spiro atoms. The summed E-state index contributed by atoms with van der Waals surface area (Å²) in [7, 11) is 0. The highest BCUT2D eigenvalue weighted by atomic mass is 15.1. The van der Waals surface area contributed by atoms with E-state index in [2.05, 4.69) is 37.9 Å². The number of rotatable bonds is 4. The summed E-state index contributed by atoms with van der Waals surface area (Å²) in [6, 6.07) is 0. The maximum absolute atomic E-state index is 3.55. The SMILES string of the molecule is CC(C)CCCN1CC(C)CNCC(C)C1. The van der Waals surface area contributed by atoms with Gasteiger partial charge in [-0.3, -0.25) is 0 Å². The third-order valence-corrected chi connectivity index (χ3v) is 3.38. The first-order valence-electron chi connectivity index (χ1n) is 7.01. The van der Waals surface area contributed by atoms with Crippen LogP contribution in [0.4, 0.5) is 0 Å². The molecule has 0 aromatic rings. The van der Waals surface area contributed by atoms with Crippen LogP contribution in [-0.4, -0.2) is 37.6 Å². The minimum atomic E-state index is 0.798. The maximum atomic E-state index is 3.55. The van der Waals surface area contributed by atoms with Crippen LogP contribution in [0.1, 0.15) is 40.5 Å². The second-order valence-electron chi connectivity index (χ2n) is 6.16. The van der Waals surface area contributed by atoms with Crippen molar-refractivity contribution in [2.75, 3.05) is 32.7 Å². The Balaban J connectivity index is 2.29. The monoisotopic (exact) mass is 226 g/mol. The topological polar surface area (TPSA) is 15.3 Å². The number of hydrogen-bond acceptors (Lipinski definition) is 2. The van der Waals surface area contributed by atoms with Crippen LogP contribution in [0, 0.1) is 17.8 Å². The molecule has 1 rings (SSSR count). The van der Waals surface area contributed by atoms with Gasteiger partial charge in [0.05, 0.1) is 0 Å². The lowest BCUT2D eigenvalue weighted by Crippen LogP contribution is -2.42. The Hall–Kier alpha value is -0.0800. The van der Waals surface area contributed by atoms with Crippen molar-refractivity contribution in [2.45, 2.75) is 40.5 Å². The number of hydrogen-bond donors (Lipinski definition) is 1. The fraction of sp³-hybridized carbons (Fsp3) is 1.00. The first-order valence-corrected chi connectivity index (χ1v) is 7.01. The second-order valence-corrected chi connectivity index (χ2v) is 6.16. The Kier molecular flexibility index (Phi) is 6.37. The van der Waals surface area contributed by atoms with Crippen LogP contribution < -0.4 is 5.32 Å². The molecule has 0 aromatic carbocycles. The van der Waals surface area contributed by atoms with Crippen LogP contribution in [0.2, 0.25) is 0 Å². The van der Waals surface area contributed by atoms with Crippen molar-refractivity contribution in [1.29, 1.82) is 0 Å². The van der Waals surface area contributed by atoms with E-state index in [1.807, 2.05) is 0 Å². The zero-order chi connectivity index (χ0) is 12.0. The molecule has 16 heavy (non-hydrogen) atoms. The predicted molar refractivity (Wildman–Crippen MR) is 71.7 cm³/mol. The molecule has 2 unspecified atom stereocenters. The van der Waals surface area contributed by atoms with Crippen molar-refractivity contribution >= 4 is 0 Å². The van der Waals surface area contributed by atoms with E-state index in [0.29, 0.717) is 0 Å². The van der Waals surface area contributed by atoms with E-state index in [-0.39, 0.29) is 0 Å². The van der Waals surface area contributed by atoms with Crippen molar-refractivity contribution in [1.82, 2.24) is 10.2 Å². The van der Waals surface area contributed by atoms with Crippen LogP contribution in [0.25, 0.3) is 0 Å². The zero-order valence-electron chi connectivity index (χ0n) is 11.6. The van der Waals surface area contributed by atoms with Crippen LogP contribution in [0.5, 0.6) is 0 Å². The Bertz CT molecular complexity index is 168. The van der Waals surface area contributed by atoms with Gasteiger partial charge in [0, 0.05) is 13.1 Å². The molecule has 0 saturated carbocycles. The van der Waals surface area contributed by atoms with Gasteiger partial charge in [0.2, 0.25) is 0 Å². The average molecular weight is 226 g/mol. The third-order valence-electron chi connectivity index (χ3n) is 3.38. The summed E-state index contributed by atoms with van der Waals surface area (Å²) in [6.45, 7) is 15.6. The van der Waals surface area contributed by atoms with Gasteiger partial charge in [-0.05, 0) is 50.2 Å². The van der Waals surface area contributed by atoms with E-state index in [4.69, 9.17) is 0 Å². The first kappa shape index (κ1) is 14.0. The summed E-state index contributed by atoms with van der Waals surface area (Å²) in [5.41, 5.74) is 0. The molecule has 96 valence electrons. The molecule has 1 aliphatic heterocycles. The van der Waals surface area contributed by atoms with Gasteiger partial charge in [-0.25, -0.2) is 0 Å². The molecule has 0 aliphatic carbocycles.